The number of nitrogens with two attached hydrogens (primary N) is 1. The molecule has 1 aromatic rings. The lowest BCUT2D eigenvalue weighted by atomic mass is 10.1. The fourth-order valence-corrected chi connectivity index (χ4v) is 1.44. The monoisotopic (exact) mass is 277 g/mol. The zero-order valence-electron chi connectivity index (χ0n) is 10.0. The molecule has 0 aromatic heterocycles. The molecule has 0 unspecified atom stereocenters. The van der Waals surface area contributed by atoms with Crippen LogP contribution in [0.4, 0.5) is 15.8 Å². The van der Waals surface area contributed by atoms with E-state index < -0.39 is 46.7 Å². The van der Waals surface area contributed by atoms with Crippen molar-refractivity contribution in [3.8, 4) is 12.1 Å². The van der Waals surface area contributed by atoms with E-state index in [1.807, 2.05) is 0 Å². The summed E-state index contributed by atoms with van der Waals surface area (Å²) in [6.45, 7) is -0.859. The number of nitrogens with zero attached hydrogens (tertiary/aromatic N) is 4. The van der Waals surface area contributed by atoms with Crippen LogP contribution in [0.3, 0.4) is 0 Å². The summed E-state index contributed by atoms with van der Waals surface area (Å²) in [5, 5.41) is 28.0. The van der Waals surface area contributed by atoms with Crippen LogP contribution in [0.2, 0.25) is 0 Å². The highest BCUT2D eigenvalue weighted by molar-refractivity contribution is 5.99. The molecule has 0 aliphatic carbocycles. The van der Waals surface area contributed by atoms with Crippen LogP contribution in [0.5, 0.6) is 0 Å². The van der Waals surface area contributed by atoms with Gasteiger partial charge in [-0.1, -0.05) is 0 Å². The predicted molar refractivity (Wildman–Crippen MR) is 64.6 cm³/mol. The largest absolute Gasteiger partial charge is 0.396 e. The number of nitro benzene ring substituents is 1. The molecule has 0 saturated carbocycles. The maximum atomic E-state index is 13.2. The summed E-state index contributed by atoms with van der Waals surface area (Å²) in [7, 11) is 0. The molecule has 0 aliphatic rings. The molecule has 20 heavy (non-hydrogen) atoms. The van der Waals surface area contributed by atoms with Crippen molar-refractivity contribution in [3.63, 3.8) is 0 Å². The van der Waals surface area contributed by atoms with E-state index in [0.717, 1.165) is 11.0 Å². The highest BCUT2D eigenvalue weighted by Crippen LogP contribution is 2.25. The summed E-state index contributed by atoms with van der Waals surface area (Å²) in [5.41, 5.74) is 3.59. The summed E-state index contributed by atoms with van der Waals surface area (Å²) in [6.07, 6.45) is 0. The Labute approximate surface area is 112 Å². The highest BCUT2D eigenvalue weighted by Gasteiger charge is 2.26. The van der Waals surface area contributed by atoms with Crippen LogP contribution in [-0.4, -0.2) is 28.8 Å². The number of hydrogen-bond acceptors (Lipinski definition) is 6. The van der Waals surface area contributed by atoms with Crippen molar-refractivity contribution in [1.82, 2.24) is 4.90 Å². The third-order valence-corrected chi connectivity index (χ3v) is 2.35. The molecule has 0 atom stereocenters. The Kier molecular flexibility index (Phi) is 4.54. The number of halogens is 1. The van der Waals surface area contributed by atoms with Gasteiger partial charge in [0.05, 0.1) is 28.8 Å². The van der Waals surface area contributed by atoms with Gasteiger partial charge in [0.2, 0.25) is 0 Å². The number of rotatable bonds is 4. The molecule has 102 valence electrons. The van der Waals surface area contributed by atoms with E-state index in [2.05, 4.69) is 0 Å². The molecule has 0 bridgehead atoms. The Hall–Kier alpha value is -3.20. The summed E-state index contributed by atoms with van der Waals surface area (Å²) < 4.78 is 13.2. The lowest BCUT2D eigenvalue weighted by molar-refractivity contribution is -0.385. The van der Waals surface area contributed by atoms with Gasteiger partial charge in [0.1, 0.15) is 18.7 Å². The van der Waals surface area contributed by atoms with Crippen molar-refractivity contribution in [2.45, 2.75) is 0 Å². The maximum absolute atomic E-state index is 13.2. The third kappa shape index (κ3) is 2.97. The van der Waals surface area contributed by atoms with Crippen LogP contribution in [0.15, 0.2) is 12.1 Å². The first-order chi connectivity index (χ1) is 9.42. The molecule has 1 aromatic carbocycles. The normalized spacial score (nSPS) is 9.35. The number of nitrogen functional groups attached to an aromatic ring is 1. The van der Waals surface area contributed by atoms with Crippen LogP contribution in [0, 0.1) is 38.6 Å². The Bertz CT molecular complexity index is 631. The van der Waals surface area contributed by atoms with Crippen LogP contribution in [-0.2, 0) is 0 Å². The van der Waals surface area contributed by atoms with Gasteiger partial charge in [-0.15, -0.1) is 0 Å². The van der Waals surface area contributed by atoms with Crippen LogP contribution in [0.25, 0.3) is 0 Å². The molecule has 9 heteroatoms. The highest BCUT2D eigenvalue weighted by atomic mass is 19.1. The molecular weight excluding hydrogens is 269 g/mol. The smallest absolute Gasteiger partial charge is 0.285 e. The number of nitro groups is 1. The molecule has 8 nitrogen and oxygen atoms in total. The van der Waals surface area contributed by atoms with E-state index in [4.69, 9.17) is 16.3 Å². The number of carbonyl (C=O) groups is 1. The minimum absolute atomic E-state index is 0.430. The van der Waals surface area contributed by atoms with Gasteiger partial charge in [-0.25, -0.2) is 4.39 Å². The molecule has 0 spiro atoms. The fraction of sp³-hybridized carbons (Fsp3) is 0.182. The van der Waals surface area contributed by atoms with Crippen molar-refractivity contribution in [2.75, 3.05) is 18.8 Å². The minimum atomic E-state index is -1.03. The van der Waals surface area contributed by atoms with Gasteiger partial charge in [0, 0.05) is 0 Å². The predicted octanol–water partition coefficient (Wildman–Crippen LogP) is 0.805. The Morgan fingerprint density at radius 2 is 1.95 bits per heavy atom. The number of nitriles is 2. The molecule has 1 amide bonds. The van der Waals surface area contributed by atoms with Gasteiger partial charge in [-0.3, -0.25) is 14.9 Å². The van der Waals surface area contributed by atoms with Gasteiger partial charge in [0.25, 0.3) is 11.6 Å². The average molecular weight is 277 g/mol. The third-order valence-electron chi connectivity index (χ3n) is 2.35. The fourth-order valence-electron chi connectivity index (χ4n) is 1.44. The SMILES string of the molecule is N#CCN(CC#N)C(=O)c1cc(N)c(F)cc1[N+](=O)[O-]. The molecule has 0 saturated heterocycles. The average Bonchev–Trinajstić information content (AvgIpc) is 2.40. The lowest BCUT2D eigenvalue weighted by Crippen LogP contribution is -2.32. The van der Waals surface area contributed by atoms with Crippen molar-refractivity contribution >= 4 is 17.3 Å². The quantitative estimate of drug-likeness (QED) is 0.374. The summed E-state index contributed by atoms with van der Waals surface area (Å²) in [4.78, 5) is 22.7. The second-order valence-electron chi connectivity index (χ2n) is 3.63. The zero-order valence-corrected chi connectivity index (χ0v) is 10.0. The van der Waals surface area contributed by atoms with E-state index in [1.54, 1.807) is 12.1 Å². The van der Waals surface area contributed by atoms with E-state index in [0.29, 0.717) is 6.07 Å². The van der Waals surface area contributed by atoms with Crippen molar-refractivity contribution in [3.05, 3.63) is 33.6 Å². The Balaban J connectivity index is 3.34. The second kappa shape index (κ2) is 6.11. The molecular formula is C11H8FN5O3. The van der Waals surface area contributed by atoms with Gasteiger partial charge in [-0.05, 0) is 6.07 Å². The van der Waals surface area contributed by atoms with E-state index in [9.17, 15) is 19.3 Å². The minimum Gasteiger partial charge on any atom is -0.396 e. The number of carbonyl (C=O) groups excluding carboxylic acids is 1. The standard InChI is InChI=1S/C11H8FN5O3/c12-8-6-10(17(19)20)7(5-9(8)15)11(18)16(3-1-13)4-2-14/h5-6H,3-4,15H2. The first kappa shape index (κ1) is 14.9. The van der Waals surface area contributed by atoms with Gasteiger partial charge >= 0.3 is 0 Å². The zero-order chi connectivity index (χ0) is 15.3. The first-order valence-electron chi connectivity index (χ1n) is 5.19. The van der Waals surface area contributed by atoms with E-state index >= 15 is 0 Å². The molecule has 1 rings (SSSR count). The van der Waals surface area contributed by atoms with Crippen LogP contribution < -0.4 is 5.73 Å². The van der Waals surface area contributed by atoms with Crippen LogP contribution in [0.1, 0.15) is 10.4 Å². The van der Waals surface area contributed by atoms with Gasteiger partial charge in [0.15, 0.2) is 5.82 Å². The number of anilines is 1. The maximum Gasteiger partial charge on any atom is 0.285 e. The molecule has 0 heterocycles. The van der Waals surface area contributed by atoms with Gasteiger partial charge < -0.3 is 10.6 Å². The second-order valence-corrected chi connectivity index (χ2v) is 3.63. The number of benzene rings is 1. The molecule has 0 aliphatic heterocycles. The van der Waals surface area contributed by atoms with Gasteiger partial charge in [-0.2, -0.15) is 10.5 Å². The number of amides is 1. The molecule has 2 N–H and O–H groups in total. The van der Waals surface area contributed by atoms with E-state index in [-0.39, 0.29) is 0 Å². The topological polar surface area (TPSA) is 137 Å². The van der Waals surface area contributed by atoms with E-state index in [1.165, 1.54) is 0 Å². The van der Waals surface area contributed by atoms with Crippen molar-refractivity contribution in [2.24, 2.45) is 0 Å². The molecule has 0 radical (unpaired) electrons. The summed E-state index contributed by atoms with van der Waals surface area (Å²) in [5.74, 6) is -1.97. The summed E-state index contributed by atoms with van der Waals surface area (Å²) in [6, 6.07) is 4.66. The number of hydrogen-bond donors (Lipinski definition) is 1. The Morgan fingerprint density at radius 3 is 2.40 bits per heavy atom. The first-order valence-corrected chi connectivity index (χ1v) is 5.19. The lowest BCUT2D eigenvalue weighted by Gasteiger charge is -2.16. The van der Waals surface area contributed by atoms with Crippen molar-refractivity contribution < 1.29 is 14.1 Å². The molecule has 0 fully saturated rings. The summed E-state index contributed by atoms with van der Waals surface area (Å²) >= 11 is 0. The van der Waals surface area contributed by atoms with Crippen molar-refractivity contribution in [1.29, 1.82) is 10.5 Å². The Morgan fingerprint density at radius 1 is 1.40 bits per heavy atom. The van der Waals surface area contributed by atoms with Crippen LogP contribution >= 0.6 is 0 Å².